The first-order valence-corrected chi connectivity index (χ1v) is 8.83. The normalized spacial score (nSPS) is 16.5. The first kappa shape index (κ1) is 24.1. The van der Waals surface area contributed by atoms with E-state index >= 15 is 0 Å². The Kier molecular flexibility index (Phi) is 10.9. The number of carboxylic acid groups (broad SMARTS) is 1. The second kappa shape index (κ2) is 11.7. The maximum absolute atomic E-state index is 12.4. The summed E-state index contributed by atoms with van der Waals surface area (Å²) in [5, 5.41) is 24.9. The van der Waals surface area contributed by atoms with Crippen molar-refractivity contribution < 1.29 is 29.4 Å². The van der Waals surface area contributed by atoms with Crippen LogP contribution >= 0.6 is 12.6 Å². The molecule has 0 aliphatic carbocycles. The number of thiol groups is 1. The van der Waals surface area contributed by atoms with E-state index in [0.29, 0.717) is 6.42 Å². The van der Waals surface area contributed by atoms with Crippen LogP contribution in [-0.4, -0.2) is 70.4 Å². The maximum Gasteiger partial charge on any atom is 0.325 e. The van der Waals surface area contributed by atoms with Gasteiger partial charge in [-0.3, -0.25) is 19.2 Å². The van der Waals surface area contributed by atoms with Gasteiger partial charge in [0.25, 0.3) is 0 Å². The Hall–Kier alpha value is -1.85. The number of aliphatic hydroxyl groups excluding tert-OH is 1. The molecular formula is C15H28N4O6S. The minimum atomic E-state index is -1.20. The zero-order chi connectivity index (χ0) is 20.4. The monoisotopic (exact) mass is 392 g/mol. The van der Waals surface area contributed by atoms with E-state index in [9.17, 15) is 19.2 Å². The fourth-order valence-electron chi connectivity index (χ4n) is 1.88. The van der Waals surface area contributed by atoms with Crippen LogP contribution in [0.4, 0.5) is 0 Å². The Bertz CT molecular complexity index is 518. The number of amides is 3. The van der Waals surface area contributed by atoms with Gasteiger partial charge in [-0.1, -0.05) is 20.3 Å². The lowest BCUT2D eigenvalue weighted by molar-refractivity contribution is -0.142. The van der Waals surface area contributed by atoms with Gasteiger partial charge < -0.3 is 31.9 Å². The third-order valence-electron chi connectivity index (χ3n) is 3.87. The van der Waals surface area contributed by atoms with E-state index in [-0.39, 0.29) is 11.7 Å². The average Bonchev–Trinajstić information content (AvgIpc) is 2.61. The Morgan fingerprint density at radius 2 is 1.62 bits per heavy atom. The van der Waals surface area contributed by atoms with Crippen molar-refractivity contribution in [2.45, 2.75) is 51.4 Å². The Labute approximate surface area is 157 Å². The van der Waals surface area contributed by atoms with Gasteiger partial charge >= 0.3 is 5.97 Å². The van der Waals surface area contributed by atoms with Crippen LogP contribution in [0.3, 0.4) is 0 Å². The molecule has 0 aromatic heterocycles. The van der Waals surface area contributed by atoms with Crippen LogP contribution in [0.2, 0.25) is 0 Å². The van der Waals surface area contributed by atoms with Crippen molar-refractivity contribution in [2.75, 3.05) is 12.4 Å². The van der Waals surface area contributed by atoms with Gasteiger partial charge in [0.05, 0.1) is 6.61 Å². The van der Waals surface area contributed by atoms with E-state index in [4.69, 9.17) is 15.9 Å². The number of hydrogen-bond acceptors (Lipinski definition) is 7. The highest BCUT2D eigenvalue weighted by Crippen LogP contribution is 2.09. The van der Waals surface area contributed by atoms with E-state index in [2.05, 4.69) is 28.6 Å². The number of hydrogen-bond donors (Lipinski definition) is 7. The van der Waals surface area contributed by atoms with Gasteiger partial charge in [-0.15, -0.1) is 0 Å². The van der Waals surface area contributed by atoms with Gasteiger partial charge in [0.1, 0.15) is 24.2 Å². The van der Waals surface area contributed by atoms with Crippen LogP contribution in [0, 0.1) is 5.92 Å². The third-order valence-corrected chi connectivity index (χ3v) is 4.24. The first-order valence-electron chi connectivity index (χ1n) is 8.20. The zero-order valence-corrected chi connectivity index (χ0v) is 16.0. The largest absolute Gasteiger partial charge is 0.480 e. The van der Waals surface area contributed by atoms with Crippen LogP contribution in [0.25, 0.3) is 0 Å². The highest BCUT2D eigenvalue weighted by molar-refractivity contribution is 7.80. The van der Waals surface area contributed by atoms with Crippen LogP contribution in [0.15, 0.2) is 0 Å². The minimum Gasteiger partial charge on any atom is -0.480 e. The van der Waals surface area contributed by atoms with Crippen molar-refractivity contribution in [3.8, 4) is 0 Å². The Morgan fingerprint density at radius 1 is 1.04 bits per heavy atom. The second-order valence-electron chi connectivity index (χ2n) is 5.97. The van der Waals surface area contributed by atoms with E-state index in [1.807, 2.05) is 6.92 Å². The van der Waals surface area contributed by atoms with Gasteiger partial charge in [0, 0.05) is 5.75 Å². The Morgan fingerprint density at radius 3 is 2.04 bits per heavy atom. The van der Waals surface area contributed by atoms with Gasteiger partial charge in [-0.2, -0.15) is 12.6 Å². The average molecular weight is 392 g/mol. The number of aliphatic carboxylic acids is 1. The molecule has 5 unspecified atom stereocenters. The fourth-order valence-corrected chi connectivity index (χ4v) is 2.13. The van der Waals surface area contributed by atoms with Crippen molar-refractivity contribution >= 4 is 36.3 Å². The highest BCUT2D eigenvalue weighted by atomic mass is 32.1. The Balaban J connectivity index is 5.12. The SMILES string of the molecule is CCC(C)C(NC(=O)C(CS)NC(=O)C(N)CO)C(=O)NC(C)C(=O)O. The van der Waals surface area contributed by atoms with Crippen LogP contribution < -0.4 is 21.7 Å². The van der Waals surface area contributed by atoms with E-state index in [1.165, 1.54) is 6.92 Å². The van der Waals surface area contributed by atoms with Gasteiger partial charge in [0.2, 0.25) is 17.7 Å². The van der Waals surface area contributed by atoms with E-state index in [1.54, 1.807) is 6.92 Å². The number of nitrogens with one attached hydrogen (secondary N) is 3. The molecule has 0 bridgehead atoms. The van der Waals surface area contributed by atoms with Crippen LogP contribution in [0.1, 0.15) is 27.2 Å². The molecule has 11 heteroatoms. The van der Waals surface area contributed by atoms with E-state index < -0.39 is 54.5 Å². The van der Waals surface area contributed by atoms with Crippen molar-refractivity contribution in [1.29, 1.82) is 0 Å². The zero-order valence-electron chi connectivity index (χ0n) is 15.1. The topological polar surface area (TPSA) is 171 Å². The lowest BCUT2D eigenvalue weighted by Gasteiger charge is -2.27. The minimum absolute atomic E-state index is 0.0594. The van der Waals surface area contributed by atoms with Crippen molar-refractivity contribution in [1.82, 2.24) is 16.0 Å². The number of carbonyl (C=O) groups is 4. The summed E-state index contributed by atoms with van der Waals surface area (Å²) in [6, 6.07) is -4.36. The highest BCUT2D eigenvalue weighted by Gasteiger charge is 2.31. The molecule has 0 aromatic rings. The lowest BCUT2D eigenvalue weighted by Crippen LogP contribution is -2.59. The summed E-state index contributed by atoms with van der Waals surface area (Å²) in [5.74, 6) is -3.58. The summed E-state index contributed by atoms with van der Waals surface area (Å²) in [6.45, 7) is 4.27. The molecule has 5 atom stereocenters. The quantitative estimate of drug-likeness (QED) is 0.196. The summed E-state index contributed by atoms with van der Waals surface area (Å²) < 4.78 is 0. The van der Waals surface area contributed by atoms with Crippen LogP contribution in [-0.2, 0) is 19.2 Å². The molecule has 0 rings (SSSR count). The predicted molar refractivity (Wildman–Crippen MR) is 97.5 cm³/mol. The molecule has 150 valence electrons. The molecule has 0 fully saturated rings. The molecule has 3 amide bonds. The summed E-state index contributed by atoms with van der Waals surface area (Å²) in [5.41, 5.74) is 5.38. The van der Waals surface area contributed by atoms with Gasteiger partial charge in [-0.25, -0.2) is 0 Å². The fraction of sp³-hybridized carbons (Fsp3) is 0.733. The number of rotatable bonds is 11. The third kappa shape index (κ3) is 7.58. The summed E-state index contributed by atoms with van der Waals surface area (Å²) in [4.78, 5) is 47.4. The predicted octanol–water partition coefficient (Wildman–Crippen LogP) is -2.16. The van der Waals surface area contributed by atoms with Crippen molar-refractivity contribution in [3.05, 3.63) is 0 Å². The first-order chi connectivity index (χ1) is 12.1. The maximum atomic E-state index is 12.4. The molecule has 7 N–H and O–H groups in total. The van der Waals surface area contributed by atoms with Gasteiger partial charge in [0.15, 0.2) is 0 Å². The van der Waals surface area contributed by atoms with E-state index in [0.717, 1.165) is 0 Å². The lowest BCUT2D eigenvalue weighted by atomic mass is 9.97. The number of carboxylic acids is 1. The molecule has 10 nitrogen and oxygen atoms in total. The summed E-state index contributed by atoms with van der Waals surface area (Å²) in [7, 11) is 0. The summed E-state index contributed by atoms with van der Waals surface area (Å²) >= 11 is 4.00. The summed E-state index contributed by atoms with van der Waals surface area (Å²) in [6.07, 6.45) is 0.549. The molecule has 0 aliphatic rings. The smallest absolute Gasteiger partial charge is 0.325 e. The molecular weight excluding hydrogens is 364 g/mol. The van der Waals surface area contributed by atoms with Gasteiger partial charge in [-0.05, 0) is 12.8 Å². The standard InChI is InChI=1S/C15H28N4O6S/c1-4-7(2)11(14(23)17-8(3)15(24)25)19-13(22)10(6-26)18-12(21)9(16)5-20/h7-11,20,26H,4-6,16H2,1-3H3,(H,17,23)(H,18,21)(H,19,22)(H,24,25). The molecule has 0 heterocycles. The number of aliphatic hydroxyl groups is 1. The van der Waals surface area contributed by atoms with Crippen LogP contribution in [0.5, 0.6) is 0 Å². The molecule has 26 heavy (non-hydrogen) atoms. The molecule has 0 saturated carbocycles. The number of carbonyl (C=O) groups excluding carboxylic acids is 3. The number of nitrogens with two attached hydrogens (primary N) is 1. The molecule has 0 spiro atoms. The molecule has 0 aromatic carbocycles. The molecule has 0 saturated heterocycles. The van der Waals surface area contributed by atoms with Crippen molar-refractivity contribution in [2.24, 2.45) is 11.7 Å². The molecule has 0 radical (unpaired) electrons. The van der Waals surface area contributed by atoms with Crippen molar-refractivity contribution in [3.63, 3.8) is 0 Å². The second-order valence-corrected chi connectivity index (χ2v) is 6.34. The molecule has 0 aliphatic heterocycles.